The molecule has 1 atom stereocenters. The fraction of sp³-hybridized carbons (Fsp3) is 0.562. The zero-order valence-electron chi connectivity index (χ0n) is 12.3. The van der Waals surface area contributed by atoms with Gasteiger partial charge in [-0.25, -0.2) is 0 Å². The van der Waals surface area contributed by atoms with E-state index in [0.29, 0.717) is 0 Å². The molecule has 2 N–H and O–H groups in total. The molecule has 0 bridgehead atoms. The van der Waals surface area contributed by atoms with Crippen LogP contribution in [0.3, 0.4) is 0 Å². The van der Waals surface area contributed by atoms with Gasteiger partial charge in [0.2, 0.25) is 0 Å². The van der Waals surface area contributed by atoms with E-state index in [2.05, 4.69) is 30.5 Å². The Kier molecular flexibility index (Phi) is 3.95. The van der Waals surface area contributed by atoms with Gasteiger partial charge in [0.25, 0.3) is 5.91 Å². The Labute approximate surface area is 115 Å². The molecule has 1 unspecified atom stereocenters. The van der Waals surface area contributed by atoms with E-state index in [1.54, 1.807) is 0 Å². The summed E-state index contributed by atoms with van der Waals surface area (Å²) >= 11 is 0. The van der Waals surface area contributed by atoms with Crippen LogP contribution in [-0.4, -0.2) is 25.0 Å². The molecule has 1 fully saturated rings. The van der Waals surface area contributed by atoms with Crippen molar-refractivity contribution in [3.63, 3.8) is 0 Å². The van der Waals surface area contributed by atoms with Crippen molar-refractivity contribution in [2.45, 2.75) is 40.2 Å². The van der Waals surface area contributed by atoms with Crippen LogP contribution in [0.2, 0.25) is 0 Å². The van der Waals surface area contributed by atoms with Gasteiger partial charge in [-0.1, -0.05) is 31.0 Å². The summed E-state index contributed by atoms with van der Waals surface area (Å²) in [5.74, 6) is 0.0479. The lowest BCUT2D eigenvalue weighted by atomic mass is 9.80. The molecular formula is C16H24N2O. The first kappa shape index (κ1) is 14.1. The van der Waals surface area contributed by atoms with Crippen LogP contribution in [0.1, 0.15) is 41.8 Å². The van der Waals surface area contributed by atoms with E-state index in [1.807, 2.05) is 26.0 Å². The van der Waals surface area contributed by atoms with Gasteiger partial charge in [0.05, 0.1) is 0 Å². The van der Waals surface area contributed by atoms with Crippen molar-refractivity contribution in [1.82, 2.24) is 10.6 Å². The number of piperidine rings is 1. The fourth-order valence-corrected chi connectivity index (χ4v) is 2.79. The van der Waals surface area contributed by atoms with E-state index < -0.39 is 0 Å². The molecule has 1 amide bonds. The summed E-state index contributed by atoms with van der Waals surface area (Å²) in [6, 6.07) is 6.24. The Morgan fingerprint density at radius 1 is 1.26 bits per heavy atom. The highest BCUT2D eigenvalue weighted by Crippen LogP contribution is 2.25. The lowest BCUT2D eigenvalue weighted by molar-refractivity contribution is 0.0868. The molecule has 104 valence electrons. The highest BCUT2D eigenvalue weighted by molar-refractivity contribution is 5.94. The summed E-state index contributed by atoms with van der Waals surface area (Å²) in [6.45, 7) is 10.4. The third kappa shape index (κ3) is 3.35. The summed E-state index contributed by atoms with van der Waals surface area (Å²) in [5, 5.41) is 6.59. The molecule has 1 aromatic rings. The maximum atomic E-state index is 12.4. The Morgan fingerprint density at radius 3 is 2.47 bits per heavy atom. The van der Waals surface area contributed by atoms with E-state index in [-0.39, 0.29) is 17.4 Å². The topological polar surface area (TPSA) is 41.1 Å². The molecule has 0 aromatic heterocycles. The summed E-state index contributed by atoms with van der Waals surface area (Å²) in [6.07, 6.45) is 0.990. The Hall–Kier alpha value is -1.35. The lowest BCUT2D eigenvalue weighted by Gasteiger charge is -2.39. The molecule has 0 radical (unpaired) electrons. The third-order valence-electron chi connectivity index (χ3n) is 3.92. The molecule has 0 aliphatic carbocycles. The van der Waals surface area contributed by atoms with Crippen LogP contribution in [0, 0.1) is 19.3 Å². The molecule has 19 heavy (non-hydrogen) atoms. The Morgan fingerprint density at radius 2 is 1.89 bits per heavy atom. The van der Waals surface area contributed by atoms with Crippen molar-refractivity contribution < 1.29 is 4.79 Å². The van der Waals surface area contributed by atoms with Gasteiger partial charge in [0.15, 0.2) is 0 Å². The highest BCUT2D eigenvalue weighted by atomic mass is 16.1. The van der Waals surface area contributed by atoms with Crippen LogP contribution in [0.25, 0.3) is 0 Å². The van der Waals surface area contributed by atoms with Gasteiger partial charge < -0.3 is 10.6 Å². The zero-order valence-corrected chi connectivity index (χ0v) is 12.3. The van der Waals surface area contributed by atoms with E-state index in [0.717, 1.165) is 36.2 Å². The predicted octanol–water partition coefficient (Wildman–Crippen LogP) is 2.42. The average Bonchev–Trinajstić information content (AvgIpc) is 2.30. The number of hydrogen-bond acceptors (Lipinski definition) is 2. The molecule has 1 saturated heterocycles. The van der Waals surface area contributed by atoms with Gasteiger partial charge in [-0.2, -0.15) is 0 Å². The van der Waals surface area contributed by atoms with Crippen LogP contribution in [-0.2, 0) is 0 Å². The molecule has 3 heteroatoms. The van der Waals surface area contributed by atoms with Crippen molar-refractivity contribution in [3.05, 3.63) is 34.9 Å². The SMILES string of the molecule is Cc1cc(C)cc(C(=O)NC2CCNCC2(C)C)c1. The van der Waals surface area contributed by atoms with E-state index >= 15 is 0 Å². The smallest absolute Gasteiger partial charge is 0.251 e. The number of nitrogens with one attached hydrogen (secondary N) is 2. The largest absolute Gasteiger partial charge is 0.349 e. The van der Waals surface area contributed by atoms with Crippen molar-refractivity contribution in [1.29, 1.82) is 0 Å². The standard InChI is InChI=1S/C16H24N2O/c1-11-7-12(2)9-13(8-11)15(19)18-14-5-6-17-10-16(14,3)4/h7-9,14,17H,5-6,10H2,1-4H3,(H,18,19). The predicted molar refractivity (Wildman–Crippen MR) is 78.4 cm³/mol. The number of carbonyl (C=O) groups is 1. The average molecular weight is 260 g/mol. The fourth-order valence-electron chi connectivity index (χ4n) is 2.79. The van der Waals surface area contributed by atoms with Gasteiger partial charge in [-0.05, 0) is 44.4 Å². The van der Waals surface area contributed by atoms with Crippen molar-refractivity contribution in [2.75, 3.05) is 13.1 Å². The third-order valence-corrected chi connectivity index (χ3v) is 3.92. The van der Waals surface area contributed by atoms with Gasteiger partial charge in [0, 0.05) is 18.2 Å². The summed E-state index contributed by atoms with van der Waals surface area (Å²) in [4.78, 5) is 12.4. The maximum Gasteiger partial charge on any atom is 0.251 e. The second kappa shape index (κ2) is 5.33. The van der Waals surface area contributed by atoms with E-state index in [4.69, 9.17) is 0 Å². The van der Waals surface area contributed by atoms with Crippen molar-refractivity contribution in [2.24, 2.45) is 5.41 Å². The van der Waals surface area contributed by atoms with Crippen molar-refractivity contribution >= 4 is 5.91 Å². The molecule has 0 spiro atoms. The summed E-state index contributed by atoms with van der Waals surface area (Å²) < 4.78 is 0. The van der Waals surface area contributed by atoms with Gasteiger partial charge >= 0.3 is 0 Å². The molecule has 1 aliphatic heterocycles. The zero-order chi connectivity index (χ0) is 14.0. The molecule has 3 nitrogen and oxygen atoms in total. The van der Waals surface area contributed by atoms with Crippen LogP contribution in [0.5, 0.6) is 0 Å². The molecule has 1 aliphatic rings. The van der Waals surface area contributed by atoms with Crippen LogP contribution in [0.4, 0.5) is 0 Å². The van der Waals surface area contributed by atoms with Gasteiger partial charge in [0.1, 0.15) is 0 Å². The van der Waals surface area contributed by atoms with Crippen LogP contribution in [0.15, 0.2) is 18.2 Å². The second-order valence-electron chi connectivity index (χ2n) is 6.36. The van der Waals surface area contributed by atoms with E-state index in [1.165, 1.54) is 0 Å². The highest BCUT2D eigenvalue weighted by Gasteiger charge is 2.33. The first-order valence-electron chi connectivity index (χ1n) is 6.98. The lowest BCUT2D eigenvalue weighted by Crippen LogP contribution is -2.54. The van der Waals surface area contributed by atoms with Gasteiger partial charge in [-0.15, -0.1) is 0 Å². The molecule has 1 aromatic carbocycles. The number of carbonyl (C=O) groups excluding carboxylic acids is 1. The van der Waals surface area contributed by atoms with Crippen molar-refractivity contribution in [3.8, 4) is 0 Å². The molecule has 1 heterocycles. The Bertz CT molecular complexity index is 459. The summed E-state index contributed by atoms with van der Waals surface area (Å²) in [5.41, 5.74) is 3.14. The van der Waals surface area contributed by atoms with Crippen LogP contribution >= 0.6 is 0 Å². The number of aryl methyl sites for hydroxylation is 2. The van der Waals surface area contributed by atoms with E-state index in [9.17, 15) is 4.79 Å². The minimum atomic E-state index is 0.0479. The minimum absolute atomic E-state index is 0.0479. The monoisotopic (exact) mass is 260 g/mol. The minimum Gasteiger partial charge on any atom is -0.349 e. The normalized spacial score (nSPS) is 22.0. The number of rotatable bonds is 2. The molecular weight excluding hydrogens is 236 g/mol. The quantitative estimate of drug-likeness (QED) is 0.857. The maximum absolute atomic E-state index is 12.4. The molecule has 0 saturated carbocycles. The number of amides is 1. The first-order valence-corrected chi connectivity index (χ1v) is 6.98. The first-order chi connectivity index (χ1) is 8.88. The number of benzene rings is 1. The van der Waals surface area contributed by atoms with Gasteiger partial charge in [-0.3, -0.25) is 4.79 Å². The Balaban J connectivity index is 2.12. The number of hydrogen-bond donors (Lipinski definition) is 2. The molecule has 2 rings (SSSR count). The van der Waals surface area contributed by atoms with Crippen LogP contribution < -0.4 is 10.6 Å². The summed E-state index contributed by atoms with van der Waals surface area (Å²) in [7, 11) is 0. The second-order valence-corrected chi connectivity index (χ2v) is 6.36.